The Morgan fingerprint density at radius 2 is 1.88 bits per heavy atom. The number of aliphatic hydroxyl groups excluding tert-OH is 2. The summed E-state index contributed by atoms with van der Waals surface area (Å²) in [5.74, 6) is 0.955. The van der Waals surface area contributed by atoms with E-state index in [1.165, 1.54) is 18.9 Å². The molecule has 0 bridgehead atoms. The normalized spacial score (nSPS) is 45.1. The maximum atomic E-state index is 14.4. The Bertz CT molecular complexity index is 879. The molecular formula is C28H39FO3. The summed E-state index contributed by atoms with van der Waals surface area (Å²) in [4.78, 5) is 12.4. The number of rotatable bonds is 3. The molecule has 0 spiro atoms. The average Bonchev–Trinajstić information content (AvgIpc) is 3.21. The molecule has 0 heterocycles. The molecule has 7 atom stereocenters. The summed E-state index contributed by atoms with van der Waals surface area (Å²) in [5.41, 5.74) is 2.34. The number of halogens is 1. The van der Waals surface area contributed by atoms with Gasteiger partial charge in [0, 0.05) is 6.42 Å². The topological polar surface area (TPSA) is 57.5 Å². The number of alkyl halides is 1. The van der Waals surface area contributed by atoms with Crippen molar-refractivity contribution >= 4 is 5.78 Å². The van der Waals surface area contributed by atoms with Gasteiger partial charge >= 0.3 is 0 Å². The number of carbonyl (C=O) groups excluding carboxylic acids is 1. The highest BCUT2D eigenvalue weighted by atomic mass is 19.1. The summed E-state index contributed by atoms with van der Waals surface area (Å²) >= 11 is 0. The van der Waals surface area contributed by atoms with E-state index in [4.69, 9.17) is 0 Å². The van der Waals surface area contributed by atoms with Crippen molar-refractivity contribution in [2.24, 2.45) is 23.2 Å². The van der Waals surface area contributed by atoms with Crippen LogP contribution in [0.4, 0.5) is 4.39 Å². The van der Waals surface area contributed by atoms with Gasteiger partial charge in [-0.2, -0.15) is 0 Å². The Balaban J connectivity index is 1.53. The number of Topliss-reactive ketones (excluding diaryl/α,β-unsaturated/α-hetero) is 1. The van der Waals surface area contributed by atoms with Crippen molar-refractivity contribution in [2.45, 2.75) is 96.4 Å². The molecule has 176 valence electrons. The SMILES string of the molecule is C=C1/C(=C\C=C2/CCC[C@@]3(C)C2CC[C@@H]3[C@H](C)/C=C2\CCC(C)(F)C2=O)C[C@@H](O)C[C@@H]1O. The van der Waals surface area contributed by atoms with Crippen LogP contribution in [0.3, 0.4) is 0 Å². The van der Waals surface area contributed by atoms with Crippen LogP contribution in [0, 0.1) is 23.2 Å². The number of carbonyl (C=O) groups is 1. The molecule has 0 radical (unpaired) electrons. The van der Waals surface area contributed by atoms with Crippen LogP contribution in [0.2, 0.25) is 0 Å². The first-order valence-electron chi connectivity index (χ1n) is 12.4. The van der Waals surface area contributed by atoms with Gasteiger partial charge in [-0.25, -0.2) is 4.39 Å². The van der Waals surface area contributed by atoms with E-state index >= 15 is 0 Å². The fourth-order valence-corrected chi connectivity index (χ4v) is 7.13. The van der Waals surface area contributed by atoms with Gasteiger partial charge in [0.2, 0.25) is 0 Å². The molecular weight excluding hydrogens is 403 g/mol. The maximum absolute atomic E-state index is 14.4. The maximum Gasteiger partial charge on any atom is 0.195 e. The Morgan fingerprint density at radius 3 is 2.56 bits per heavy atom. The molecule has 0 saturated heterocycles. The van der Waals surface area contributed by atoms with Crippen LogP contribution in [0.1, 0.15) is 78.6 Å². The first-order valence-corrected chi connectivity index (χ1v) is 12.4. The van der Waals surface area contributed by atoms with Gasteiger partial charge in [0.25, 0.3) is 0 Å². The molecule has 4 aliphatic rings. The van der Waals surface area contributed by atoms with E-state index in [0.717, 1.165) is 36.8 Å². The van der Waals surface area contributed by atoms with Crippen molar-refractivity contribution in [1.82, 2.24) is 0 Å². The molecule has 4 saturated carbocycles. The number of fused-ring (bicyclic) bond motifs is 1. The van der Waals surface area contributed by atoms with Gasteiger partial charge in [-0.1, -0.05) is 44.2 Å². The van der Waals surface area contributed by atoms with Crippen molar-refractivity contribution < 1.29 is 19.4 Å². The van der Waals surface area contributed by atoms with Crippen molar-refractivity contribution in [2.75, 3.05) is 0 Å². The van der Waals surface area contributed by atoms with E-state index in [-0.39, 0.29) is 17.1 Å². The fraction of sp³-hybridized carbons (Fsp3) is 0.679. The van der Waals surface area contributed by atoms with E-state index in [2.05, 4.69) is 38.7 Å². The third-order valence-electron chi connectivity index (χ3n) is 9.03. The van der Waals surface area contributed by atoms with Crippen LogP contribution in [0.15, 0.2) is 47.1 Å². The zero-order valence-electron chi connectivity index (χ0n) is 19.9. The summed E-state index contributed by atoms with van der Waals surface area (Å²) in [5, 5.41) is 20.2. The Labute approximate surface area is 192 Å². The lowest BCUT2D eigenvalue weighted by Crippen LogP contribution is -2.35. The molecule has 32 heavy (non-hydrogen) atoms. The summed E-state index contributed by atoms with van der Waals surface area (Å²) in [6.07, 6.45) is 12.7. The number of hydrogen-bond acceptors (Lipinski definition) is 3. The number of aliphatic hydroxyl groups is 2. The van der Waals surface area contributed by atoms with Gasteiger partial charge in [-0.3, -0.25) is 4.79 Å². The molecule has 4 rings (SSSR count). The number of hydrogen-bond donors (Lipinski definition) is 2. The fourth-order valence-electron chi connectivity index (χ4n) is 7.13. The predicted molar refractivity (Wildman–Crippen MR) is 126 cm³/mol. The van der Waals surface area contributed by atoms with E-state index in [0.29, 0.717) is 43.1 Å². The lowest BCUT2D eigenvalue weighted by atomic mass is 9.61. The summed E-state index contributed by atoms with van der Waals surface area (Å²) in [7, 11) is 0. The largest absolute Gasteiger partial charge is 0.393 e. The van der Waals surface area contributed by atoms with Gasteiger partial charge in [0.1, 0.15) is 0 Å². The molecule has 4 heteroatoms. The minimum Gasteiger partial charge on any atom is -0.393 e. The van der Waals surface area contributed by atoms with E-state index < -0.39 is 17.9 Å². The number of allylic oxidation sites excluding steroid dienone is 5. The predicted octanol–water partition coefficient (Wildman–Crippen LogP) is 5.78. The second-order valence-corrected chi connectivity index (χ2v) is 11.2. The molecule has 0 aromatic carbocycles. The minimum absolute atomic E-state index is 0.183. The monoisotopic (exact) mass is 442 g/mol. The van der Waals surface area contributed by atoms with Crippen LogP contribution in [-0.4, -0.2) is 33.9 Å². The van der Waals surface area contributed by atoms with Gasteiger partial charge in [-0.05, 0) is 98.2 Å². The molecule has 0 amide bonds. The van der Waals surface area contributed by atoms with Crippen LogP contribution >= 0.6 is 0 Å². The molecule has 0 aromatic heterocycles. The lowest BCUT2D eigenvalue weighted by Gasteiger charge is -2.44. The van der Waals surface area contributed by atoms with Gasteiger partial charge < -0.3 is 10.2 Å². The Morgan fingerprint density at radius 1 is 1.12 bits per heavy atom. The van der Waals surface area contributed by atoms with Crippen molar-refractivity contribution in [3.05, 3.63) is 47.1 Å². The summed E-state index contributed by atoms with van der Waals surface area (Å²) < 4.78 is 14.4. The highest BCUT2D eigenvalue weighted by Gasteiger charge is 2.51. The van der Waals surface area contributed by atoms with Crippen LogP contribution in [0.25, 0.3) is 0 Å². The molecule has 4 fully saturated rings. The van der Waals surface area contributed by atoms with Gasteiger partial charge in [0.05, 0.1) is 12.2 Å². The molecule has 4 aliphatic carbocycles. The Kier molecular flexibility index (Phi) is 6.41. The van der Waals surface area contributed by atoms with Crippen LogP contribution in [0.5, 0.6) is 0 Å². The van der Waals surface area contributed by atoms with E-state index in [1.54, 1.807) is 0 Å². The zero-order valence-corrected chi connectivity index (χ0v) is 19.9. The standard InChI is InChI=1S/C28H39FO3/c1-17(14-21-11-13-28(4,29)26(21)32)23-9-10-24-19(6-5-12-27(23,24)3)7-8-20-15-22(30)16-25(31)18(20)2/h7-8,14,17,22-25,30-31H,2,5-6,9-13,15-16H2,1,3-4H3/b19-7+,20-8-,21-14+/t17-,22-,23-,24?,25+,27-,28?/m1/s1. The number of ketones is 1. The molecule has 2 N–H and O–H groups in total. The molecule has 0 aromatic rings. The zero-order chi connectivity index (χ0) is 23.3. The van der Waals surface area contributed by atoms with Gasteiger partial charge in [0.15, 0.2) is 11.5 Å². The minimum atomic E-state index is -1.69. The second-order valence-electron chi connectivity index (χ2n) is 11.2. The molecule has 2 unspecified atom stereocenters. The first kappa shape index (κ1) is 23.6. The van der Waals surface area contributed by atoms with E-state index in [9.17, 15) is 19.4 Å². The van der Waals surface area contributed by atoms with Crippen LogP contribution in [-0.2, 0) is 4.79 Å². The van der Waals surface area contributed by atoms with Crippen molar-refractivity contribution in [3.8, 4) is 0 Å². The first-order chi connectivity index (χ1) is 15.0. The summed E-state index contributed by atoms with van der Waals surface area (Å²) in [6, 6.07) is 0. The quantitative estimate of drug-likeness (QED) is 0.545. The van der Waals surface area contributed by atoms with Gasteiger partial charge in [-0.15, -0.1) is 0 Å². The second kappa shape index (κ2) is 8.68. The van der Waals surface area contributed by atoms with Crippen LogP contribution < -0.4 is 0 Å². The highest BCUT2D eigenvalue weighted by molar-refractivity contribution is 6.03. The Hall–Kier alpha value is -1.52. The lowest BCUT2D eigenvalue weighted by molar-refractivity contribution is -0.123. The smallest absolute Gasteiger partial charge is 0.195 e. The highest BCUT2D eigenvalue weighted by Crippen LogP contribution is 2.59. The van der Waals surface area contributed by atoms with E-state index in [1.807, 2.05) is 0 Å². The average molecular weight is 443 g/mol. The van der Waals surface area contributed by atoms with Crippen molar-refractivity contribution in [3.63, 3.8) is 0 Å². The van der Waals surface area contributed by atoms with Crippen molar-refractivity contribution in [1.29, 1.82) is 0 Å². The molecule has 0 aliphatic heterocycles. The molecule has 3 nitrogen and oxygen atoms in total. The third kappa shape index (κ3) is 4.21. The summed E-state index contributed by atoms with van der Waals surface area (Å²) in [6.45, 7) is 10.1. The third-order valence-corrected chi connectivity index (χ3v) is 9.03.